The fourth-order valence-corrected chi connectivity index (χ4v) is 1.29. The van der Waals surface area contributed by atoms with Crippen molar-refractivity contribution < 1.29 is 9.90 Å². The normalized spacial score (nSPS) is 10.1. The number of anilines is 1. The topological polar surface area (TPSA) is 61.4 Å². The van der Waals surface area contributed by atoms with Gasteiger partial charge in [0, 0.05) is 12.3 Å². The SMILES string of the molecule is O=C(CNCCCCO)Nc1ccccc1. The molecule has 1 rings (SSSR count). The molecule has 1 aromatic carbocycles. The summed E-state index contributed by atoms with van der Waals surface area (Å²) in [6.45, 7) is 1.26. The van der Waals surface area contributed by atoms with E-state index in [2.05, 4.69) is 10.6 Å². The van der Waals surface area contributed by atoms with Gasteiger partial charge in [-0.05, 0) is 31.5 Å². The number of unbranched alkanes of at least 4 members (excludes halogenated alkanes) is 1. The summed E-state index contributed by atoms with van der Waals surface area (Å²) in [5.74, 6) is -0.0461. The minimum atomic E-state index is -0.0461. The van der Waals surface area contributed by atoms with Crippen molar-refractivity contribution in [2.75, 3.05) is 25.0 Å². The smallest absolute Gasteiger partial charge is 0.238 e. The molecule has 1 aromatic rings. The molecule has 0 heterocycles. The van der Waals surface area contributed by atoms with Gasteiger partial charge in [0.15, 0.2) is 0 Å². The predicted octanol–water partition coefficient (Wildman–Crippen LogP) is 0.987. The van der Waals surface area contributed by atoms with Gasteiger partial charge in [-0.2, -0.15) is 0 Å². The van der Waals surface area contributed by atoms with Crippen LogP contribution in [-0.2, 0) is 4.79 Å². The molecule has 0 aliphatic heterocycles. The van der Waals surface area contributed by atoms with Crippen LogP contribution in [0, 0.1) is 0 Å². The summed E-state index contributed by atoms with van der Waals surface area (Å²) in [7, 11) is 0. The maximum absolute atomic E-state index is 11.4. The first-order chi connectivity index (χ1) is 7.83. The number of para-hydroxylation sites is 1. The number of nitrogens with one attached hydrogen (secondary N) is 2. The van der Waals surface area contributed by atoms with E-state index >= 15 is 0 Å². The number of carbonyl (C=O) groups is 1. The maximum Gasteiger partial charge on any atom is 0.238 e. The number of aliphatic hydroxyl groups excluding tert-OH is 1. The molecule has 0 bridgehead atoms. The van der Waals surface area contributed by atoms with Gasteiger partial charge in [0.25, 0.3) is 0 Å². The van der Waals surface area contributed by atoms with Crippen LogP contribution in [0.3, 0.4) is 0 Å². The van der Waals surface area contributed by atoms with E-state index in [1.807, 2.05) is 30.3 Å². The van der Waals surface area contributed by atoms with E-state index in [0.717, 1.165) is 25.1 Å². The molecule has 3 N–H and O–H groups in total. The molecule has 1 amide bonds. The molecule has 4 heteroatoms. The molecule has 0 spiro atoms. The van der Waals surface area contributed by atoms with Gasteiger partial charge in [-0.1, -0.05) is 18.2 Å². The van der Waals surface area contributed by atoms with Crippen molar-refractivity contribution in [3.63, 3.8) is 0 Å². The molecule has 0 aliphatic rings. The van der Waals surface area contributed by atoms with Crippen molar-refractivity contribution >= 4 is 11.6 Å². The quantitative estimate of drug-likeness (QED) is 0.603. The second-order valence-corrected chi connectivity index (χ2v) is 3.52. The molecule has 0 atom stereocenters. The van der Waals surface area contributed by atoms with E-state index in [1.165, 1.54) is 0 Å². The Kier molecular flexibility index (Phi) is 6.22. The Bertz CT molecular complexity index is 301. The van der Waals surface area contributed by atoms with Crippen LogP contribution in [0.2, 0.25) is 0 Å². The Balaban J connectivity index is 2.12. The van der Waals surface area contributed by atoms with Gasteiger partial charge in [0.2, 0.25) is 5.91 Å². The van der Waals surface area contributed by atoms with Crippen LogP contribution >= 0.6 is 0 Å². The summed E-state index contributed by atoms with van der Waals surface area (Å²) in [5.41, 5.74) is 0.810. The third-order valence-electron chi connectivity index (χ3n) is 2.10. The molecule has 0 fully saturated rings. The second-order valence-electron chi connectivity index (χ2n) is 3.52. The van der Waals surface area contributed by atoms with Crippen LogP contribution in [0.5, 0.6) is 0 Å². The van der Waals surface area contributed by atoms with Crippen molar-refractivity contribution in [2.24, 2.45) is 0 Å². The lowest BCUT2D eigenvalue weighted by molar-refractivity contribution is -0.115. The summed E-state index contributed by atoms with van der Waals surface area (Å²) in [4.78, 5) is 11.4. The summed E-state index contributed by atoms with van der Waals surface area (Å²) < 4.78 is 0. The highest BCUT2D eigenvalue weighted by Crippen LogP contribution is 2.03. The fraction of sp³-hybridized carbons (Fsp3) is 0.417. The highest BCUT2D eigenvalue weighted by atomic mass is 16.2. The van der Waals surface area contributed by atoms with Crippen LogP contribution < -0.4 is 10.6 Å². The van der Waals surface area contributed by atoms with Gasteiger partial charge in [0.05, 0.1) is 6.54 Å². The Hall–Kier alpha value is -1.39. The molecule has 0 saturated carbocycles. The minimum Gasteiger partial charge on any atom is -0.396 e. The van der Waals surface area contributed by atoms with Crippen LogP contribution in [0.15, 0.2) is 30.3 Å². The number of amides is 1. The Morgan fingerprint density at radius 2 is 1.94 bits per heavy atom. The van der Waals surface area contributed by atoms with Crippen LogP contribution in [0.25, 0.3) is 0 Å². The Morgan fingerprint density at radius 1 is 1.19 bits per heavy atom. The standard InChI is InChI=1S/C12H18N2O2/c15-9-5-4-8-13-10-12(16)14-11-6-2-1-3-7-11/h1-3,6-7,13,15H,4-5,8-10H2,(H,14,16). The number of aliphatic hydroxyl groups is 1. The number of hydrogen-bond donors (Lipinski definition) is 3. The molecule has 0 radical (unpaired) electrons. The molecule has 0 aliphatic carbocycles. The van der Waals surface area contributed by atoms with E-state index < -0.39 is 0 Å². The predicted molar refractivity (Wildman–Crippen MR) is 64.3 cm³/mol. The van der Waals surface area contributed by atoms with Crippen LogP contribution in [-0.4, -0.2) is 30.7 Å². The highest BCUT2D eigenvalue weighted by molar-refractivity contribution is 5.92. The van der Waals surface area contributed by atoms with Gasteiger partial charge in [-0.15, -0.1) is 0 Å². The van der Waals surface area contributed by atoms with Crippen LogP contribution in [0.4, 0.5) is 5.69 Å². The van der Waals surface area contributed by atoms with Gasteiger partial charge < -0.3 is 15.7 Å². The first-order valence-electron chi connectivity index (χ1n) is 5.49. The van der Waals surface area contributed by atoms with Gasteiger partial charge in [-0.3, -0.25) is 4.79 Å². The first-order valence-corrected chi connectivity index (χ1v) is 5.49. The fourth-order valence-electron chi connectivity index (χ4n) is 1.29. The van der Waals surface area contributed by atoms with Crippen molar-refractivity contribution in [1.82, 2.24) is 5.32 Å². The van der Waals surface area contributed by atoms with Crippen LogP contribution in [0.1, 0.15) is 12.8 Å². The molecule has 16 heavy (non-hydrogen) atoms. The average Bonchev–Trinajstić information content (AvgIpc) is 2.30. The molecule has 88 valence electrons. The molecule has 4 nitrogen and oxygen atoms in total. The Labute approximate surface area is 95.7 Å². The first kappa shape index (κ1) is 12.7. The number of hydrogen-bond acceptors (Lipinski definition) is 3. The second kappa shape index (κ2) is 7.84. The van der Waals surface area contributed by atoms with E-state index in [0.29, 0.717) is 6.54 Å². The number of rotatable bonds is 7. The largest absolute Gasteiger partial charge is 0.396 e. The lowest BCUT2D eigenvalue weighted by Gasteiger charge is -2.06. The van der Waals surface area contributed by atoms with E-state index in [1.54, 1.807) is 0 Å². The highest BCUT2D eigenvalue weighted by Gasteiger charge is 2.00. The van der Waals surface area contributed by atoms with Gasteiger partial charge >= 0.3 is 0 Å². The molecule has 0 unspecified atom stereocenters. The third-order valence-corrected chi connectivity index (χ3v) is 2.10. The zero-order valence-electron chi connectivity index (χ0n) is 9.28. The Morgan fingerprint density at radius 3 is 2.62 bits per heavy atom. The average molecular weight is 222 g/mol. The summed E-state index contributed by atoms with van der Waals surface area (Å²) >= 11 is 0. The summed E-state index contributed by atoms with van der Waals surface area (Å²) in [5, 5.41) is 14.4. The monoisotopic (exact) mass is 222 g/mol. The zero-order valence-corrected chi connectivity index (χ0v) is 9.28. The van der Waals surface area contributed by atoms with E-state index in [4.69, 9.17) is 5.11 Å². The summed E-state index contributed by atoms with van der Waals surface area (Å²) in [6.07, 6.45) is 1.66. The third kappa shape index (κ3) is 5.48. The number of benzene rings is 1. The number of carbonyl (C=O) groups excluding carboxylic acids is 1. The maximum atomic E-state index is 11.4. The summed E-state index contributed by atoms with van der Waals surface area (Å²) in [6, 6.07) is 9.37. The molecular formula is C12H18N2O2. The van der Waals surface area contributed by atoms with Gasteiger partial charge in [0.1, 0.15) is 0 Å². The van der Waals surface area contributed by atoms with Crippen molar-refractivity contribution in [3.05, 3.63) is 30.3 Å². The van der Waals surface area contributed by atoms with Crippen molar-refractivity contribution in [2.45, 2.75) is 12.8 Å². The lowest BCUT2D eigenvalue weighted by Crippen LogP contribution is -2.28. The van der Waals surface area contributed by atoms with E-state index in [9.17, 15) is 4.79 Å². The molecular weight excluding hydrogens is 204 g/mol. The zero-order chi connectivity index (χ0) is 11.6. The minimum absolute atomic E-state index is 0.0461. The van der Waals surface area contributed by atoms with Gasteiger partial charge in [-0.25, -0.2) is 0 Å². The van der Waals surface area contributed by atoms with Crippen molar-refractivity contribution in [1.29, 1.82) is 0 Å². The van der Waals surface area contributed by atoms with E-state index in [-0.39, 0.29) is 12.5 Å². The molecule has 0 saturated heterocycles. The lowest BCUT2D eigenvalue weighted by atomic mass is 10.3. The van der Waals surface area contributed by atoms with Crippen molar-refractivity contribution in [3.8, 4) is 0 Å². The molecule has 0 aromatic heterocycles.